The van der Waals surface area contributed by atoms with E-state index in [9.17, 15) is 9.59 Å². The zero-order valence-corrected chi connectivity index (χ0v) is 15.5. The summed E-state index contributed by atoms with van der Waals surface area (Å²) in [5, 5.41) is 11.8. The van der Waals surface area contributed by atoms with Crippen LogP contribution in [-0.4, -0.2) is 54.0 Å². The topological polar surface area (TPSA) is 103 Å². The number of nitrogens with one attached hydrogen (secondary N) is 1. The molecule has 0 radical (unpaired) electrons. The second kappa shape index (κ2) is 7.49. The molecule has 1 N–H and O–H groups in total. The molecule has 142 valence electrons. The number of methoxy groups -OCH3 is 1. The summed E-state index contributed by atoms with van der Waals surface area (Å²) >= 11 is 1.20. The van der Waals surface area contributed by atoms with Crippen LogP contribution in [0.1, 0.15) is 33.7 Å². The molecule has 10 heteroatoms. The molecule has 9 nitrogen and oxygen atoms in total. The third-order valence-corrected chi connectivity index (χ3v) is 5.41. The Balaban J connectivity index is 1.45. The molecule has 0 bridgehead atoms. The molecule has 27 heavy (non-hydrogen) atoms. The van der Waals surface area contributed by atoms with Gasteiger partial charge in [0.1, 0.15) is 11.6 Å². The first-order valence-corrected chi connectivity index (χ1v) is 9.30. The van der Waals surface area contributed by atoms with Crippen LogP contribution in [0, 0.1) is 0 Å². The van der Waals surface area contributed by atoms with Gasteiger partial charge in [-0.15, -0.1) is 10.2 Å². The quantitative estimate of drug-likeness (QED) is 0.831. The summed E-state index contributed by atoms with van der Waals surface area (Å²) in [4.78, 5) is 26.4. The zero-order valence-electron chi connectivity index (χ0n) is 14.6. The number of rotatable bonds is 5. The summed E-state index contributed by atoms with van der Waals surface area (Å²) in [6, 6.07) is 5.01. The second-order valence-electron chi connectivity index (χ2n) is 6.15. The Labute approximate surface area is 159 Å². The van der Waals surface area contributed by atoms with Crippen molar-refractivity contribution >= 4 is 28.8 Å². The average Bonchev–Trinajstić information content (AvgIpc) is 3.40. The lowest BCUT2D eigenvalue weighted by Crippen LogP contribution is -2.33. The fraction of sp³-hybridized carbons (Fsp3) is 0.412. The normalized spacial score (nSPS) is 18.0. The van der Waals surface area contributed by atoms with Crippen LogP contribution in [0.2, 0.25) is 0 Å². The molecule has 0 spiro atoms. The third-order valence-electron chi connectivity index (χ3n) is 4.39. The molecular weight excluding hydrogens is 372 g/mol. The van der Waals surface area contributed by atoms with E-state index in [-0.39, 0.29) is 36.3 Å². The van der Waals surface area contributed by atoms with Gasteiger partial charge in [-0.1, -0.05) is 11.3 Å². The highest BCUT2D eigenvalue weighted by Crippen LogP contribution is 2.35. The van der Waals surface area contributed by atoms with E-state index >= 15 is 0 Å². The zero-order chi connectivity index (χ0) is 18.8. The Bertz CT molecular complexity index is 871. The lowest BCUT2D eigenvalue weighted by molar-refractivity contribution is -0.136. The molecular formula is C17H18N4O5S. The molecule has 3 heterocycles. The number of ether oxygens (including phenoxy) is 3. The predicted molar refractivity (Wildman–Crippen MR) is 96.0 cm³/mol. The van der Waals surface area contributed by atoms with Gasteiger partial charge in [0.25, 0.3) is 5.91 Å². The summed E-state index contributed by atoms with van der Waals surface area (Å²) in [7, 11) is 1.49. The van der Waals surface area contributed by atoms with Gasteiger partial charge in [-0.25, -0.2) is 0 Å². The van der Waals surface area contributed by atoms with Crippen molar-refractivity contribution < 1.29 is 23.8 Å². The summed E-state index contributed by atoms with van der Waals surface area (Å²) in [6.07, 6.45) is 1.69. The first-order valence-electron chi connectivity index (χ1n) is 8.48. The first kappa shape index (κ1) is 17.7. The SMILES string of the molecule is COCC(=O)N1CCC[C@@H]1c1nnc(C(=O)Nc2ccc3c(c2)OCO3)s1. The van der Waals surface area contributed by atoms with Gasteiger partial charge in [-0.2, -0.15) is 0 Å². The van der Waals surface area contributed by atoms with Crippen molar-refractivity contribution in [3.05, 3.63) is 28.2 Å². The molecule has 1 fully saturated rings. The number of carbonyl (C=O) groups is 2. The molecule has 2 aromatic rings. The molecule has 1 atom stereocenters. The third kappa shape index (κ3) is 3.58. The molecule has 2 amide bonds. The van der Waals surface area contributed by atoms with Crippen molar-refractivity contribution in [3.8, 4) is 11.5 Å². The van der Waals surface area contributed by atoms with E-state index in [4.69, 9.17) is 14.2 Å². The number of anilines is 1. The average molecular weight is 390 g/mol. The number of aromatic nitrogens is 2. The van der Waals surface area contributed by atoms with Crippen molar-refractivity contribution in [1.29, 1.82) is 0 Å². The van der Waals surface area contributed by atoms with E-state index in [1.807, 2.05) is 0 Å². The first-order chi connectivity index (χ1) is 13.2. The fourth-order valence-corrected chi connectivity index (χ4v) is 4.03. The van der Waals surface area contributed by atoms with E-state index in [0.717, 1.165) is 12.8 Å². The Kier molecular flexibility index (Phi) is 4.90. The largest absolute Gasteiger partial charge is 0.454 e. The number of benzene rings is 1. The molecule has 1 aromatic heterocycles. The number of amides is 2. The van der Waals surface area contributed by atoms with Gasteiger partial charge in [0.15, 0.2) is 11.5 Å². The fourth-order valence-electron chi connectivity index (χ4n) is 3.15. The van der Waals surface area contributed by atoms with Crippen molar-refractivity contribution in [2.75, 3.05) is 32.4 Å². The summed E-state index contributed by atoms with van der Waals surface area (Å²) < 4.78 is 15.5. The Morgan fingerprint density at radius 3 is 3.04 bits per heavy atom. The molecule has 0 aliphatic carbocycles. The van der Waals surface area contributed by atoms with E-state index in [2.05, 4.69) is 15.5 Å². The van der Waals surface area contributed by atoms with Gasteiger partial charge in [0.2, 0.25) is 17.7 Å². The van der Waals surface area contributed by atoms with Gasteiger partial charge in [0, 0.05) is 25.4 Å². The summed E-state index contributed by atoms with van der Waals surface area (Å²) in [5.41, 5.74) is 0.582. The molecule has 0 saturated carbocycles. The maximum Gasteiger partial charge on any atom is 0.286 e. The van der Waals surface area contributed by atoms with Crippen molar-refractivity contribution in [3.63, 3.8) is 0 Å². The van der Waals surface area contributed by atoms with Gasteiger partial charge in [-0.3, -0.25) is 9.59 Å². The van der Waals surface area contributed by atoms with E-state index in [1.54, 1.807) is 23.1 Å². The second-order valence-corrected chi connectivity index (χ2v) is 7.15. The van der Waals surface area contributed by atoms with E-state index < -0.39 is 0 Å². The van der Waals surface area contributed by atoms with Crippen LogP contribution in [0.4, 0.5) is 5.69 Å². The van der Waals surface area contributed by atoms with Crippen LogP contribution in [0.15, 0.2) is 18.2 Å². The number of carbonyl (C=O) groups excluding carboxylic acids is 2. The number of nitrogens with zero attached hydrogens (tertiary/aromatic N) is 3. The standard InChI is InChI=1S/C17H18N4O5S/c1-24-8-14(22)21-6-2-3-11(21)16-19-20-17(27-16)15(23)18-10-4-5-12-13(7-10)26-9-25-12/h4-5,7,11H,2-3,6,8-9H2,1H3,(H,18,23)/t11-/m1/s1. The lowest BCUT2D eigenvalue weighted by Gasteiger charge is -2.22. The van der Waals surface area contributed by atoms with Crippen molar-refractivity contribution in [2.45, 2.75) is 18.9 Å². The van der Waals surface area contributed by atoms with Crippen LogP contribution in [0.25, 0.3) is 0 Å². The Morgan fingerprint density at radius 1 is 1.33 bits per heavy atom. The number of hydrogen-bond acceptors (Lipinski definition) is 8. The van der Waals surface area contributed by atoms with Crippen LogP contribution in [0.5, 0.6) is 11.5 Å². The summed E-state index contributed by atoms with van der Waals surface area (Å²) in [5.74, 6) is 0.796. The van der Waals surface area contributed by atoms with E-state index in [0.29, 0.717) is 28.7 Å². The monoisotopic (exact) mass is 390 g/mol. The van der Waals surface area contributed by atoms with Crippen molar-refractivity contribution in [1.82, 2.24) is 15.1 Å². The minimum Gasteiger partial charge on any atom is -0.454 e. The maximum absolute atomic E-state index is 12.5. The Morgan fingerprint density at radius 2 is 2.19 bits per heavy atom. The smallest absolute Gasteiger partial charge is 0.286 e. The van der Waals surface area contributed by atoms with Crippen LogP contribution in [0.3, 0.4) is 0 Å². The Hall–Kier alpha value is -2.72. The lowest BCUT2D eigenvalue weighted by atomic mass is 10.2. The maximum atomic E-state index is 12.5. The van der Waals surface area contributed by atoms with Crippen molar-refractivity contribution in [2.24, 2.45) is 0 Å². The summed E-state index contributed by atoms with van der Waals surface area (Å²) in [6.45, 7) is 0.865. The molecule has 1 aromatic carbocycles. The minimum atomic E-state index is -0.356. The van der Waals surface area contributed by atoms with E-state index in [1.165, 1.54) is 18.4 Å². The highest BCUT2D eigenvalue weighted by Gasteiger charge is 2.33. The van der Waals surface area contributed by atoms with Gasteiger partial charge >= 0.3 is 0 Å². The highest BCUT2D eigenvalue weighted by molar-refractivity contribution is 7.13. The molecule has 2 aliphatic rings. The van der Waals surface area contributed by atoms with Crippen LogP contribution >= 0.6 is 11.3 Å². The molecule has 4 rings (SSSR count). The van der Waals surface area contributed by atoms with Gasteiger partial charge in [-0.05, 0) is 25.0 Å². The number of fused-ring (bicyclic) bond motifs is 1. The van der Waals surface area contributed by atoms with Crippen LogP contribution in [-0.2, 0) is 9.53 Å². The van der Waals surface area contributed by atoms with Gasteiger partial charge < -0.3 is 24.4 Å². The molecule has 2 aliphatic heterocycles. The van der Waals surface area contributed by atoms with Crippen LogP contribution < -0.4 is 14.8 Å². The minimum absolute atomic E-state index is 0.0345. The predicted octanol–water partition coefficient (Wildman–Crippen LogP) is 1.83. The number of likely N-dealkylation sites (tertiary alicyclic amines) is 1. The van der Waals surface area contributed by atoms with Gasteiger partial charge in [0.05, 0.1) is 6.04 Å². The molecule has 1 saturated heterocycles. The highest BCUT2D eigenvalue weighted by atomic mass is 32.1. The molecule has 0 unspecified atom stereocenters. The number of hydrogen-bond donors (Lipinski definition) is 1.